The predicted molar refractivity (Wildman–Crippen MR) is 83.2 cm³/mol. The fraction of sp³-hybridized carbons (Fsp3) is 0.615. The Morgan fingerprint density at radius 3 is 2.67 bits per heavy atom. The van der Waals surface area contributed by atoms with Crippen molar-refractivity contribution in [2.45, 2.75) is 26.8 Å². The largest absolute Gasteiger partial charge is 0.465 e. The molecule has 118 valence electrons. The zero-order valence-corrected chi connectivity index (χ0v) is 13.6. The summed E-state index contributed by atoms with van der Waals surface area (Å²) < 4.78 is 6.52. The molecule has 1 unspecified atom stereocenters. The Morgan fingerprint density at radius 2 is 2.14 bits per heavy atom. The van der Waals surface area contributed by atoms with Crippen LogP contribution in [-0.4, -0.2) is 45.8 Å². The van der Waals surface area contributed by atoms with Gasteiger partial charge in [-0.3, -0.25) is 14.3 Å². The van der Waals surface area contributed by atoms with Crippen molar-refractivity contribution >= 4 is 29.3 Å². The van der Waals surface area contributed by atoms with Gasteiger partial charge in [-0.25, -0.2) is 0 Å². The summed E-state index contributed by atoms with van der Waals surface area (Å²) in [6.45, 7) is 5.76. The second kappa shape index (κ2) is 8.04. The smallest absolute Gasteiger partial charge is 0.323 e. The Labute approximate surface area is 128 Å². The van der Waals surface area contributed by atoms with Crippen LogP contribution < -0.4 is 11.1 Å². The number of nitrogens with two attached hydrogens (primary N) is 1. The molecule has 0 aliphatic heterocycles. The Morgan fingerprint density at radius 1 is 1.48 bits per heavy atom. The van der Waals surface area contributed by atoms with Crippen molar-refractivity contribution in [1.29, 1.82) is 0 Å². The first-order valence-electron chi connectivity index (χ1n) is 6.66. The standard InChI is InChI=1S/C13H22N4O3S/c1-5-20-13(19)10(14)6-21-7-11(18)15-12-8(2)16-17(4)9(12)3/h10H,5-7,14H2,1-4H3,(H,15,18). The molecule has 8 heteroatoms. The van der Waals surface area contributed by atoms with E-state index in [-0.39, 0.29) is 11.7 Å². The third kappa shape index (κ3) is 5.05. The van der Waals surface area contributed by atoms with E-state index in [4.69, 9.17) is 10.5 Å². The van der Waals surface area contributed by atoms with Gasteiger partial charge >= 0.3 is 5.97 Å². The van der Waals surface area contributed by atoms with Gasteiger partial charge in [0.2, 0.25) is 5.91 Å². The van der Waals surface area contributed by atoms with Crippen molar-refractivity contribution in [3.63, 3.8) is 0 Å². The Hall–Kier alpha value is -1.54. The topological polar surface area (TPSA) is 99.2 Å². The Balaban J connectivity index is 2.40. The molecule has 0 fully saturated rings. The predicted octanol–water partition coefficient (Wildman–Crippen LogP) is 0.599. The lowest BCUT2D eigenvalue weighted by molar-refractivity contribution is -0.144. The molecule has 0 saturated carbocycles. The summed E-state index contributed by atoms with van der Waals surface area (Å²) in [6, 6.07) is -0.704. The molecule has 0 radical (unpaired) electrons. The third-order valence-corrected chi connectivity index (χ3v) is 3.95. The van der Waals surface area contributed by atoms with E-state index in [1.54, 1.807) is 11.6 Å². The lowest BCUT2D eigenvalue weighted by Crippen LogP contribution is -2.35. The molecule has 0 saturated heterocycles. The van der Waals surface area contributed by atoms with Gasteiger partial charge in [0.05, 0.1) is 29.4 Å². The van der Waals surface area contributed by atoms with Crippen LogP contribution in [0.2, 0.25) is 0 Å². The van der Waals surface area contributed by atoms with Gasteiger partial charge in [-0.2, -0.15) is 5.10 Å². The fourth-order valence-electron chi connectivity index (χ4n) is 1.73. The molecule has 7 nitrogen and oxygen atoms in total. The number of aryl methyl sites for hydroxylation is 2. The number of rotatable bonds is 7. The maximum Gasteiger partial charge on any atom is 0.323 e. The lowest BCUT2D eigenvalue weighted by Gasteiger charge is -2.10. The van der Waals surface area contributed by atoms with E-state index in [0.29, 0.717) is 12.4 Å². The normalized spacial score (nSPS) is 12.0. The number of anilines is 1. The minimum Gasteiger partial charge on any atom is -0.465 e. The number of ether oxygens (including phenoxy) is 1. The number of hydrogen-bond acceptors (Lipinski definition) is 6. The van der Waals surface area contributed by atoms with Gasteiger partial charge in [-0.15, -0.1) is 11.8 Å². The van der Waals surface area contributed by atoms with E-state index in [1.807, 2.05) is 20.9 Å². The molecule has 0 aliphatic carbocycles. The van der Waals surface area contributed by atoms with Crippen molar-refractivity contribution in [2.24, 2.45) is 12.8 Å². The number of carbonyl (C=O) groups is 2. The van der Waals surface area contributed by atoms with Crippen molar-refractivity contribution < 1.29 is 14.3 Å². The van der Waals surface area contributed by atoms with Crippen LogP contribution in [0, 0.1) is 13.8 Å². The monoisotopic (exact) mass is 314 g/mol. The molecule has 1 rings (SSSR count). The average Bonchev–Trinajstić information content (AvgIpc) is 2.65. The zero-order valence-electron chi connectivity index (χ0n) is 12.8. The number of nitrogens with one attached hydrogen (secondary N) is 1. The Kier molecular flexibility index (Phi) is 6.70. The van der Waals surface area contributed by atoms with Crippen LogP contribution in [0.15, 0.2) is 0 Å². The summed E-state index contributed by atoms with van der Waals surface area (Å²) in [4.78, 5) is 23.2. The minimum absolute atomic E-state index is 0.143. The number of thioether (sulfide) groups is 1. The molecule has 1 aromatic rings. The van der Waals surface area contributed by atoms with Crippen LogP contribution in [0.1, 0.15) is 18.3 Å². The summed E-state index contributed by atoms with van der Waals surface area (Å²) in [5.74, 6) is -0.0161. The van der Waals surface area contributed by atoms with E-state index in [1.165, 1.54) is 11.8 Å². The van der Waals surface area contributed by atoms with Gasteiger partial charge in [-0.1, -0.05) is 0 Å². The molecular weight excluding hydrogens is 292 g/mol. The summed E-state index contributed by atoms with van der Waals surface area (Å²) in [7, 11) is 1.82. The number of esters is 1. The molecular formula is C13H22N4O3S. The van der Waals surface area contributed by atoms with Gasteiger partial charge in [0.15, 0.2) is 0 Å². The Bertz CT molecular complexity index is 516. The van der Waals surface area contributed by atoms with Crippen LogP contribution in [0.25, 0.3) is 0 Å². The average molecular weight is 314 g/mol. The number of nitrogens with zero attached hydrogens (tertiary/aromatic N) is 2. The molecule has 0 aromatic carbocycles. The molecule has 1 atom stereocenters. The van der Waals surface area contributed by atoms with E-state index in [2.05, 4.69) is 10.4 Å². The summed E-state index contributed by atoms with van der Waals surface area (Å²) in [6.07, 6.45) is 0. The molecule has 1 amide bonds. The van der Waals surface area contributed by atoms with E-state index in [9.17, 15) is 9.59 Å². The van der Waals surface area contributed by atoms with Crippen molar-refractivity contribution in [2.75, 3.05) is 23.4 Å². The van der Waals surface area contributed by atoms with E-state index in [0.717, 1.165) is 17.1 Å². The van der Waals surface area contributed by atoms with Gasteiger partial charge in [0.1, 0.15) is 6.04 Å². The SMILES string of the molecule is CCOC(=O)C(N)CSCC(=O)Nc1c(C)nn(C)c1C. The third-order valence-electron chi connectivity index (χ3n) is 2.89. The molecule has 0 aliphatic rings. The molecule has 21 heavy (non-hydrogen) atoms. The van der Waals surface area contributed by atoms with Crippen molar-refractivity contribution in [1.82, 2.24) is 9.78 Å². The van der Waals surface area contributed by atoms with Crippen LogP contribution in [0.3, 0.4) is 0 Å². The van der Waals surface area contributed by atoms with Crippen LogP contribution in [0.4, 0.5) is 5.69 Å². The molecule has 3 N–H and O–H groups in total. The quantitative estimate of drug-likeness (QED) is 0.715. The van der Waals surface area contributed by atoms with Gasteiger partial charge in [-0.05, 0) is 20.8 Å². The highest BCUT2D eigenvalue weighted by atomic mass is 32.2. The van der Waals surface area contributed by atoms with Crippen LogP contribution >= 0.6 is 11.8 Å². The van der Waals surface area contributed by atoms with Gasteiger partial charge < -0.3 is 15.8 Å². The number of carbonyl (C=O) groups excluding carboxylic acids is 2. The van der Waals surface area contributed by atoms with Gasteiger partial charge in [0, 0.05) is 12.8 Å². The molecule has 1 aromatic heterocycles. The molecule has 1 heterocycles. The number of hydrogen-bond donors (Lipinski definition) is 2. The van der Waals surface area contributed by atoms with Crippen LogP contribution in [-0.2, 0) is 21.4 Å². The van der Waals surface area contributed by atoms with Crippen molar-refractivity contribution in [3.05, 3.63) is 11.4 Å². The highest BCUT2D eigenvalue weighted by Crippen LogP contribution is 2.18. The highest BCUT2D eigenvalue weighted by molar-refractivity contribution is 8.00. The molecule has 0 spiro atoms. The van der Waals surface area contributed by atoms with E-state index < -0.39 is 12.0 Å². The first-order valence-corrected chi connectivity index (χ1v) is 7.82. The summed E-state index contributed by atoms with van der Waals surface area (Å²) in [5, 5.41) is 7.06. The summed E-state index contributed by atoms with van der Waals surface area (Å²) >= 11 is 1.30. The minimum atomic E-state index is -0.704. The fourth-order valence-corrected chi connectivity index (χ4v) is 2.49. The van der Waals surface area contributed by atoms with Crippen molar-refractivity contribution in [3.8, 4) is 0 Å². The maximum atomic E-state index is 11.9. The maximum absolute atomic E-state index is 11.9. The van der Waals surface area contributed by atoms with Gasteiger partial charge in [0.25, 0.3) is 0 Å². The lowest BCUT2D eigenvalue weighted by atomic mass is 10.3. The first kappa shape index (κ1) is 17.5. The van der Waals surface area contributed by atoms with Crippen LogP contribution in [0.5, 0.6) is 0 Å². The number of amides is 1. The number of aromatic nitrogens is 2. The second-order valence-electron chi connectivity index (χ2n) is 4.59. The van der Waals surface area contributed by atoms with E-state index >= 15 is 0 Å². The zero-order chi connectivity index (χ0) is 16.0. The second-order valence-corrected chi connectivity index (χ2v) is 5.62. The molecule has 0 bridgehead atoms. The summed E-state index contributed by atoms with van der Waals surface area (Å²) in [5.41, 5.74) is 8.06. The first-order chi connectivity index (χ1) is 9.86. The highest BCUT2D eigenvalue weighted by Gasteiger charge is 2.16.